The molecule has 1 heterocycles. The van der Waals surface area contributed by atoms with Crippen LogP contribution in [0.5, 0.6) is 5.75 Å². The van der Waals surface area contributed by atoms with E-state index in [1.165, 1.54) is 36.8 Å². The van der Waals surface area contributed by atoms with Gasteiger partial charge < -0.3 is 4.74 Å². The molecule has 20 heavy (non-hydrogen) atoms. The smallest absolute Gasteiger partial charge is 0.265 e. The minimum absolute atomic E-state index is 0.0761. The molecule has 0 amide bonds. The second-order valence-corrected chi connectivity index (χ2v) is 6.35. The minimum atomic E-state index is -3.68. The summed E-state index contributed by atoms with van der Waals surface area (Å²) in [7, 11) is -0.682. The summed E-state index contributed by atoms with van der Waals surface area (Å²) < 4.78 is 31.1. The third kappa shape index (κ3) is 2.86. The predicted octanol–water partition coefficient (Wildman–Crippen LogP) is 2.57. The van der Waals surface area contributed by atoms with Crippen LogP contribution in [0.1, 0.15) is 0 Å². The maximum absolute atomic E-state index is 12.4. The van der Waals surface area contributed by atoms with Crippen molar-refractivity contribution in [3.05, 3.63) is 47.7 Å². The molecule has 0 N–H and O–H groups in total. The highest BCUT2D eigenvalue weighted by Crippen LogP contribution is 2.25. The Morgan fingerprint density at radius 3 is 2.60 bits per heavy atom. The summed E-state index contributed by atoms with van der Waals surface area (Å²) in [5.41, 5.74) is 0.499. The maximum atomic E-state index is 12.4. The molecule has 0 aliphatic heterocycles. The Bertz CT molecular complexity index is 702. The molecule has 0 aliphatic rings. The molecule has 0 saturated heterocycles. The van der Waals surface area contributed by atoms with Crippen molar-refractivity contribution >= 4 is 27.3 Å². The van der Waals surface area contributed by atoms with Crippen LogP contribution >= 0.6 is 11.6 Å². The number of pyridine rings is 1. The van der Waals surface area contributed by atoms with Gasteiger partial charge in [-0.3, -0.25) is 4.31 Å². The van der Waals surface area contributed by atoms with E-state index in [1.54, 1.807) is 24.3 Å². The van der Waals surface area contributed by atoms with Crippen molar-refractivity contribution in [2.24, 2.45) is 0 Å². The Morgan fingerprint density at radius 2 is 2.00 bits per heavy atom. The third-order valence-corrected chi connectivity index (χ3v) is 4.77. The molecule has 106 valence electrons. The molecule has 0 bridgehead atoms. The van der Waals surface area contributed by atoms with Gasteiger partial charge in [-0.1, -0.05) is 17.7 Å². The molecule has 5 nitrogen and oxygen atoms in total. The summed E-state index contributed by atoms with van der Waals surface area (Å²) in [6, 6.07) is 9.65. The van der Waals surface area contributed by atoms with Crippen molar-refractivity contribution < 1.29 is 13.2 Å². The van der Waals surface area contributed by atoms with Gasteiger partial charge in [0.15, 0.2) is 0 Å². The Kier molecular flexibility index (Phi) is 4.15. The molecular formula is C13H13ClN2O3S. The lowest BCUT2D eigenvalue weighted by atomic mass is 10.3. The fourth-order valence-electron chi connectivity index (χ4n) is 1.62. The molecule has 0 unspecified atom stereocenters. The largest absolute Gasteiger partial charge is 0.497 e. The second-order valence-electron chi connectivity index (χ2n) is 3.99. The number of methoxy groups -OCH3 is 1. The first kappa shape index (κ1) is 14.6. The Hall–Kier alpha value is -1.79. The summed E-state index contributed by atoms with van der Waals surface area (Å²) in [5, 5.41) is 0.244. The van der Waals surface area contributed by atoms with E-state index < -0.39 is 10.0 Å². The van der Waals surface area contributed by atoms with Gasteiger partial charge in [-0.25, -0.2) is 13.4 Å². The van der Waals surface area contributed by atoms with Gasteiger partial charge in [0.1, 0.15) is 15.8 Å². The Labute approximate surface area is 122 Å². The number of anilines is 1. The fourth-order valence-corrected chi connectivity index (χ4v) is 2.86. The van der Waals surface area contributed by atoms with Crippen LogP contribution in [-0.2, 0) is 10.0 Å². The molecule has 0 radical (unpaired) electrons. The molecule has 0 fully saturated rings. The maximum Gasteiger partial charge on any atom is 0.265 e. The van der Waals surface area contributed by atoms with Gasteiger partial charge >= 0.3 is 0 Å². The lowest BCUT2D eigenvalue weighted by Crippen LogP contribution is -2.26. The van der Waals surface area contributed by atoms with Gasteiger partial charge in [0.25, 0.3) is 10.0 Å². The molecule has 1 aromatic heterocycles. The topological polar surface area (TPSA) is 59.5 Å². The van der Waals surface area contributed by atoms with Crippen molar-refractivity contribution in [3.63, 3.8) is 0 Å². The first-order valence-corrected chi connectivity index (χ1v) is 7.51. The number of hydrogen-bond donors (Lipinski definition) is 0. The molecule has 7 heteroatoms. The quantitative estimate of drug-likeness (QED) is 0.814. The van der Waals surface area contributed by atoms with Crippen LogP contribution in [0, 0.1) is 0 Å². The van der Waals surface area contributed by atoms with Crippen molar-refractivity contribution in [1.29, 1.82) is 0 Å². The average Bonchev–Trinajstić information content (AvgIpc) is 2.47. The van der Waals surface area contributed by atoms with Crippen LogP contribution in [0.25, 0.3) is 0 Å². The summed E-state index contributed by atoms with van der Waals surface area (Å²) in [6.07, 6.45) is 1.23. The predicted molar refractivity (Wildman–Crippen MR) is 77.8 cm³/mol. The number of ether oxygens (including phenoxy) is 1. The highest BCUT2D eigenvalue weighted by molar-refractivity contribution is 7.92. The monoisotopic (exact) mass is 312 g/mol. The number of benzene rings is 1. The zero-order valence-electron chi connectivity index (χ0n) is 10.9. The molecule has 2 aromatic rings. The highest BCUT2D eigenvalue weighted by Gasteiger charge is 2.21. The molecule has 0 saturated carbocycles. The van der Waals surface area contributed by atoms with Crippen molar-refractivity contribution in [1.82, 2.24) is 4.98 Å². The van der Waals surface area contributed by atoms with Gasteiger partial charge in [-0.2, -0.15) is 0 Å². The van der Waals surface area contributed by atoms with Crippen LogP contribution in [0.3, 0.4) is 0 Å². The van der Waals surface area contributed by atoms with E-state index >= 15 is 0 Å². The number of rotatable bonds is 4. The first-order chi connectivity index (χ1) is 9.45. The lowest BCUT2D eigenvalue weighted by molar-refractivity contribution is 0.415. The molecular weight excluding hydrogens is 300 g/mol. The molecule has 2 rings (SSSR count). The number of hydrogen-bond acceptors (Lipinski definition) is 4. The van der Waals surface area contributed by atoms with E-state index in [4.69, 9.17) is 16.3 Å². The fraction of sp³-hybridized carbons (Fsp3) is 0.154. The zero-order chi connectivity index (χ0) is 14.8. The van der Waals surface area contributed by atoms with Crippen LogP contribution in [0.15, 0.2) is 47.5 Å². The van der Waals surface area contributed by atoms with Crippen LogP contribution < -0.4 is 9.04 Å². The molecule has 0 aliphatic carbocycles. The van der Waals surface area contributed by atoms with E-state index in [0.717, 1.165) is 0 Å². The Balaban J connectivity index is 2.40. The van der Waals surface area contributed by atoms with Crippen LogP contribution in [0.2, 0.25) is 5.15 Å². The van der Waals surface area contributed by atoms with Crippen molar-refractivity contribution in [2.75, 3.05) is 18.5 Å². The molecule has 1 aromatic carbocycles. The first-order valence-electron chi connectivity index (χ1n) is 5.69. The Morgan fingerprint density at radius 1 is 1.25 bits per heavy atom. The summed E-state index contributed by atoms with van der Waals surface area (Å²) >= 11 is 5.66. The molecule has 0 atom stereocenters. The lowest BCUT2D eigenvalue weighted by Gasteiger charge is -2.19. The molecule has 0 spiro atoms. The zero-order valence-corrected chi connectivity index (χ0v) is 12.5. The highest BCUT2D eigenvalue weighted by atomic mass is 35.5. The second kappa shape index (κ2) is 5.68. The average molecular weight is 313 g/mol. The number of nitrogens with zero attached hydrogens (tertiary/aromatic N) is 2. The van der Waals surface area contributed by atoms with Gasteiger partial charge in [-0.05, 0) is 24.3 Å². The minimum Gasteiger partial charge on any atom is -0.497 e. The van der Waals surface area contributed by atoms with Gasteiger partial charge in [-0.15, -0.1) is 0 Å². The number of aromatic nitrogens is 1. The van der Waals surface area contributed by atoms with Crippen LogP contribution in [0.4, 0.5) is 5.69 Å². The number of halogens is 1. The van der Waals surface area contributed by atoms with E-state index in [0.29, 0.717) is 11.4 Å². The van der Waals surface area contributed by atoms with E-state index in [-0.39, 0.29) is 10.0 Å². The van der Waals surface area contributed by atoms with Gasteiger partial charge in [0.2, 0.25) is 0 Å². The van der Waals surface area contributed by atoms with Gasteiger partial charge in [0.05, 0.1) is 12.8 Å². The van der Waals surface area contributed by atoms with Crippen molar-refractivity contribution in [3.8, 4) is 5.75 Å². The van der Waals surface area contributed by atoms with Crippen LogP contribution in [-0.4, -0.2) is 27.6 Å². The third-order valence-electron chi connectivity index (χ3n) is 2.78. The SMILES string of the molecule is COc1cccc(N(C)S(=O)(=O)c2ccc(Cl)nc2)c1. The van der Waals surface area contributed by atoms with Gasteiger partial charge in [0, 0.05) is 19.3 Å². The summed E-state index contributed by atoms with van der Waals surface area (Å²) in [4.78, 5) is 3.87. The van der Waals surface area contributed by atoms with E-state index in [2.05, 4.69) is 4.98 Å². The summed E-state index contributed by atoms with van der Waals surface area (Å²) in [6.45, 7) is 0. The number of sulfonamides is 1. The standard InChI is InChI=1S/C13H13ClN2O3S/c1-16(10-4-3-5-11(8-10)19-2)20(17,18)12-6-7-13(14)15-9-12/h3-9H,1-2H3. The van der Waals surface area contributed by atoms with E-state index in [1.807, 2.05) is 0 Å². The van der Waals surface area contributed by atoms with E-state index in [9.17, 15) is 8.42 Å². The summed E-state index contributed by atoms with van der Waals surface area (Å²) in [5.74, 6) is 0.582. The normalized spacial score (nSPS) is 11.2. The van der Waals surface area contributed by atoms with Crippen molar-refractivity contribution in [2.45, 2.75) is 4.90 Å².